The number of carbonyl (C=O) groups is 3. The summed E-state index contributed by atoms with van der Waals surface area (Å²) in [7, 11) is 0. The maximum atomic E-state index is 12.8. The zero-order valence-corrected chi connectivity index (χ0v) is 15.6. The first-order valence-electron chi connectivity index (χ1n) is 8.34. The highest BCUT2D eigenvalue weighted by molar-refractivity contribution is 7.99. The van der Waals surface area contributed by atoms with Crippen molar-refractivity contribution in [3.05, 3.63) is 60.2 Å². The molecule has 0 spiro atoms. The van der Waals surface area contributed by atoms with Crippen LogP contribution in [0, 0.1) is 0 Å². The van der Waals surface area contributed by atoms with Crippen molar-refractivity contribution in [3.63, 3.8) is 0 Å². The van der Waals surface area contributed by atoms with Gasteiger partial charge in [-0.25, -0.2) is 4.79 Å². The molecule has 1 fully saturated rings. The van der Waals surface area contributed by atoms with E-state index in [1.807, 2.05) is 0 Å². The summed E-state index contributed by atoms with van der Waals surface area (Å²) >= 11 is 0.399. The van der Waals surface area contributed by atoms with Crippen molar-refractivity contribution in [2.45, 2.75) is 23.1 Å². The van der Waals surface area contributed by atoms with Gasteiger partial charge in [-0.2, -0.15) is 8.78 Å². The van der Waals surface area contributed by atoms with Gasteiger partial charge in [-0.15, -0.1) is 0 Å². The molecule has 4 amide bonds. The van der Waals surface area contributed by atoms with Crippen LogP contribution in [0.1, 0.15) is 12.5 Å². The fourth-order valence-electron chi connectivity index (χ4n) is 2.87. The highest BCUT2D eigenvalue weighted by Crippen LogP contribution is 2.29. The molecule has 1 aliphatic rings. The van der Waals surface area contributed by atoms with Gasteiger partial charge in [0.25, 0.3) is 11.7 Å². The Kier molecular flexibility index (Phi) is 5.64. The van der Waals surface area contributed by atoms with E-state index in [0.29, 0.717) is 27.9 Å². The van der Waals surface area contributed by atoms with Gasteiger partial charge >= 0.3 is 6.03 Å². The average Bonchev–Trinajstić information content (AvgIpc) is 2.88. The minimum atomic E-state index is -2.53. The zero-order valence-electron chi connectivity index (χ0n) is 14.8. The normalized spacial score (nSPS) is 19.1. The van der Waals surface area contributed by atoms with Crippen LogP contribution >= 0.6 is 11.8 Å². The number of nitrogens with zero attached hydrogens (tertiary/aromatic N) is 1. The molecule has 0 aromatic heterocycles. The van der Waals surface area contributed by atoms with E-state index in [1.54, 1.807) is 37.3 Å². The number of amides is 4. The fourth-order valence-corrected chi connectivity index (χ4v) is 3.37. The molecule has 2 aromatic carbocycles. The molecule has 9 heteroatoms. The second-order valence-corrected chi connectivity index (χ2v) is 7.33. The summed E-state index contributed by atoms with van der Waals surface area (Å²) in [5.41, 5.74) is -0.253. The van der Waals surface area contributed by atoms with E-state index in [9.17, 15) is 23.2 Å². The molecule has 28 heavy (non-hydrogen) atoms. The monoisotopic (exact) mass is 405 g/mol. The highest BCUT2D eigenvalue weighted by Gasteiger charge is 2.49. The van der Waals surface area contributed by atoms with Crippen molar-refractivity contribution >= 4 is 35.3 Å². The summed E-state index contributed by atoms with van der Waals surface area (Å²) in [6.07, 6.45) is 0. The predicted molar refractivity (Wildman–Crippen MR) is 101 cm³/mol. The Balaban J connectivity index is 1.65. The molecule has 1 atom stereocenters. The SMILES string of the molecule is CC1(c2ccccc2)NC(=O)N(CC(=O)Nc2ccc(SC(F)F)cc2)C1=O. The summed E-state index contributed by atoms with van der Waals surface area (Å²) in [4.78, 5) is 38.5. The lowest BCUT2D eigenvalue weighted by atomic mass is 9.92. The van der Waals surface area contributed by atoms with Crippen molar-refractivity contribution < 1.29 is 23.2 Å². The molecule has 1 unspecified atom stereocenters. The Morgan fingerprint density at radius 2 is 1.79 bits per heavy atom. The van der Waals surface area contributed by atoms with Gasteiger partial charge in [0, 0.05) is 10.6 Å². The molecule has 1 heterocycles. The number of rotatable bonds is 6. The topological polar surface area (TPSA) is 78.5 Å². The van der Waals surface area contributed by atoms with E-state index in [-0.39, 0.29) is 0 Å². The minimum absolute atomic E-state index is 0.362. The third-order valence-electron chi connectivity index (χ3n) is 4.29. The Hall–Kier alpha value is -2.94. The van der Waals surface area contributed by atoms with Crippen LogP contribution < -0.4 is 10.6 Å². The average molecular weight is 405 g/mol. The third kappa shape index (κ3) is 4.14. The molecular formula is C19H17F2N3O3S. The summed E-state index contributed by atoms with van der Waals surface area (Å²) in [5, 5.41) is 5.17. The molecule has 0 aliphatic carbocycles. The van der Waals surface area contributed by atoms with E-state index in [0.717, 1.165) is 4.90 Å². The van der Waals surface area contributed by atoms with Crippen LogP contribution in [0.4, 0.5) is 19.3 Å². The standard InChI is InChI=1S/C19H17F2N3O3S/c1-19(12-5-3-2-4-6-12)16(26)24(18(27)23-19)11-15(25)22-13-7-9-14(10-8-13)28-17(20)21/h2-10,17H,11H2,1H3,(H,22,25)(H,23,27). The number of imide groups is 1. The number of hydrogen-bond acceptors (Lipinski definition) is 4. The molecule has 6 nitrogen and oxygen atoms in total. The van der Waals surface area contributed by atoms with E-state index < -0.39 is 35.7 Å². The molecule has 3 rings (SSSR count). The maximum Gasteiger partial charge on any atom is 0.325 e. The number of alkyl halides is 2. The molecule has 2 aromatic rings. The van der Waals surface area contributed by atoms with E-state index >= 15 is 0 Å². The van der Waals surface area contributed by atoms with Gasteiger partial charge in [0.05, 0.1) is 0 Å². The van der Waals surface area contributed by atoms with Crippen molar-refractivity contribution in [1.82, 2.24) is 10.2 Å². The Labute approximate surface area is 164 Å². The van der Waals surface area contributed by atoms with E-state index in [1.165, 1.54) is 24.3 Å². The maximum absolute atomic E-state index is 12.8. The molecule has 146 valence electrons. The Bertz CT molecular complexity index is 893. The number of halogens is 2. The number of nitrogens with one attached hydrogen (secondary N) is 2. The summed E-state index contributed by atoms with van der Waals surface area (Å²) in [6.45, 7) is 1.13. The summed E-state index contributed by atoms with van der Waals surface area (Å²) < 4.78 is 24.7. The smallest absolute Gasteiger partial charge is 0.325 e. The second-order valence-electron chi connectivity index (χ2n) is 6.26. The van der Waals surface area contributed by atoms with Crippen LogP contribution in [0.2, 0.25) is 0 Å². The highest BCUT2D eigenvalue weighted by atomic mass is 32.2. The lowest BCUT2D eigenvalue weighted by Crippen LogP contribution is -2.42. The van der Waals surface area contributed by atoms with Crippen LogP contribution in [0.25, 0.3) is 0 Å². The van der Waals surface area contributed by atoms with Crippen LogP contribution in [-0.2, 0) is 15.1 Å². The van der Waals surface area contributed by atoms with E-state index in [4.69, 9.17) is 0 Å². The molecule has 2 N–H and O–H groups in total. The van der Waals surface area contributed by atoms with Crippen molar-refractivity contribution in [2.24, 2.45) is 0 Å². The summed E-state index contributed by atoms with van der Waals surface area (Å²) in [5.74, 6) is -3.63. The quantitative estimate of drug-likeness (QED) is 0.570. The molecule has 0 radical (unpaired) electrons. The molecular weight excluding hydrogens is 388 g/mol. The number of thioether (sulfide) groups is 1. The molecule has 1 aliphatic heterocycles. The van der Waals surface area contributed by atoms with Gasteiger partial charge in [0.1, 0.15) is 12.1 Å². The van der Waals surface area contributed by atoms with Crippen LogP contribution in [-0.4, -0.2) is 35.0 Å². The molecule has 1 saturated heterocycles. The fraction of sp³-hybridized carbons (Fsp3) is 0.211. The largest absolute Gasteiger partial charge is 0.325 e. The number of carbonyl (C=O) groups excluding carboxylic acids is 3. The molecule has 0 bridgehead atoms. The van der Waals surface area contributed by atoms with Crippen molar-refractivity contribution in [2.75, 3.05) is 11.9 Å². The van der Waals surface area contributed by atoms with Crippen molar-refractivity contribution in [3.8, 4) is 0 Å². The lowest BCUT2D eigenvalue weighted by molar-refractivity contribution is -0.133. The van der Waals surface area contributed by atoms with E-state index in [2.05, 4.69) is 10.6 Å². The van der Waals surface area contributed by atoms with Gasteiger partial charge in [-0.1, -0.05) is 42.1 Å². The zero-order chi connectivity index (χ0) is 20.3. The van der Waals surface area contributed by atoms with Gasteiger partial charge in [0.2, 0.25) is 5.91 Å². The first kappa shape index (κ1) is 19.8. The first-order valence-corrected chi connectivity index (χ1v) is 9.22. The Morgan fingerprint density at radius 1 is 1.14 bits per heavy atom. The third-order valence-corrected chi connectivity index (χ3v) is 5.01. The Morgan fingerprint density at radius 3 is 2.39 bits per heavy atom. The number of hydrogen-bond donors (Lipinski definition) is 2. The van der Waals surface area contributed by atoms with Gasteiger partial charge in [-0.3, -0.25) is 14.5 Å². The van der Waals surface area contributed by atoms with Gasteiger partial charge in [-0.05, 0) is 36.8 Å². The number of urea groups is 1. The molecule has 0 saturated carbocycles. The van der Waals surface area contributed by atoms with Crippen LogP contribution in [0.5, 0.6) is 0 Å². The van der Waals surface area contributed by atoms with Crippen molar-refractivity contribution in [1.29, 1.82) is 0 Å². The van der Waals surface area contributed by atoms with Crippen LogP contribution in [0.3, 0.4) is 0 Å². The minimum Gasteiger partial charge on any atom is -0.325 e. The summed E-state index contributed by atoms with van der Waals surface area (Å²) in [6, 6.07) is 13.9. The number of benzene rings is 2. The van der Waals surface area contributed by atoms with Gasteiger partial charge in [0.15, 0.2) is 0 Å². The lowest BCUT2D eigenvalue weighted by Gasteiger charge is -2.22. The first-order chi connectivity index (χ1) is 13.3. The van der Waals surface area contributed by atoms with Gasteiger partial charge < -0.3 is 10.6 Å². The number of anilines is 1. The predicted octanol–water partition coefficient (Wildman–Crippen LogP) is 3.41. The second kappa shape index (κ2) is 7.97. The van der Waals surface area contributed by atoms with Crippen LogP contribution in [0.15, 0.2) is 59.5 Å².